The molecule has 1 aromatic heterocycles. The molecule has 1 heterocycles. The maximum Gasteiger partial charge on any atom is 0.191 e. The van der Waals surface area contributed by atoms with Crippen LogP contribution in [-0.4, -0.2) is 29.3 Å². The van der Waals surface area contributed by atoms with Crippen LogP contribution in [0.4, 0.5) is 0 Å². The van der Waals surface area contributed by atoms with E-state index in [-0.39, 0.29) is 0 Å². The van der Waals surface area contributed by atoms with Crippen molar-refractivity contribution in [3.05, 3.63) is 88.7 Å². The van der Waals surface area contributed by atoms with Crippen molar-refractivity contribution >= 4 is 17.6 Å². The van der Waals surface area contributed by atoms with Crippen LogP contribution >= 0.6 is 11.6 Å². The summed E-state index contributed by atoms with van der Waals surface area (Å²) in [6, 6.07) is 18.4. The van der Waals surface area contributed by atoms with Crippen LogP contribution in [-0.2, 0) is 19.5 Å². The van der Waals surface area contributed by atoms with Crippen molar-refractivity contribution in [3.63, 3.8) is 0 Å². The molecule has 0 unspecified atom stereocenters. The van der Waals surface area contributed by atoms with Gasteiger partial charge in [-0.25, -0.2) is 0 Å². The number of halogens is 1. The van der Waals surface area contributed by atoms with E-state index in [4.69, 9.17) is 11.6 Å². The molecule has 0 aliphatic rings. The van der Waals surface area contributed by atoms with Gasteiger partial charge in [-0.15, -0.1) is 0 Å². The predicted molar refractivity (Wildman–Crippen MR) is 111 cm³/mol. The van der Waals surface area contributed by atoms with Crippen molar-refractivity contribution in [1.82, 2.24) is 20.4 Å². The molecule has 0 bridgehead atoms. The number of guanidine groups is 1. The normalized spacial score (nSPS) is 11.4. The smallest absolute Gasteiger partial charge is 0.191 e. The highest BCUT2D eigenvalue weighted by molar-refractivity contribution is 6.30. The summed E-state index contributed by atoms with van der Waals surface area (Å²) in [6.45, 7) is 2.27. The molecule has 140 valence electrons. The van der Waals surface area contributed by atoms with E-state index in [2.05, 4.69) is 51.1 Å². The molecule has 0 aliphatic carbocycles. The summed E-state index contributed by atoms with van der Waals surface area (Å²) < 4.78 is 1.92. The zero-order valence-corrected chi connectivity index (χ0v) is 16.2. The van der Waals surface area contributed by atoms with Gasteiger partial charge in [0, 0.05) is 37.6 Å². The van der Waals surface area contributed by atoms with Gasteiger partial charge >= 0.3 is 0 Å². The third-order valence-electron chi connectivity index (χ3n) is 4.17. The van der Waals surface area contributed by atoms with Crippen LogP contribution in [0.25, 0.3) is 0 Å². The lowest BCUT2D eigenvalue weighted by Crippen LogP contribution is -2.37. The van der Waals surface area contributed by atoms with Gasteiger partial charge in [0.1, 0.15) is 0 Å². The first kappa shape index (κ1) is 19.0. The number of aliphatic imine (C=N–C) groups is 1. The van der Waals surface area contributed by atoms with Gasteiger partial charge in [-0.3, -0.25) is 9.67 Å². The second-order valence-electron chi connectivity index (χ2n) is 6.26. The molecule has 5 nitrogen and oxygen atoms in total. The SMILES string of the molecule is CN=C(NCCc1cccc(Cl)c1)NCc1cccc(Cn2cccn2)c1. The van der Waals surface area contributed by atoms with Crippen LogP contribution in [0.15, 0.2) is 72.0 Å². The van der Waals surface area contributed by atoms with Gasteiger partial charge in [0.25, 0.3) is 0 Å². The fourth-order valence-electron chi connectivity index (χ4n) is 2.84. The van der Waals surface area contributed by atoms with Gasteiger partial charge in [-0.2, -0.15) is 5.10 Å². The highest BCUT2D eigenvalue weighted by atomic mass is 35.5. The topological polar surface area (TPSA) is 54.2 Å². The molecule has 2 N–H and O–H groups in total. The molecule has 0 fully saturated rings. The average Bonchev–Trinajstić information content (AvgIpc) is 3.18. The Kier molecular flexibility index (Phi) is 6.88. The van der Waals surface area contributed by atoms with Crippen LogP contribution < -0.4 is 10.6 Å². The Morgan fingerprint density at radius 1 is 1.04 bits per heavy atom. The summed E-state index contributed by atoms with van der Waals surface area (Å²) in [5.74, 6) is 0.787. The molecule has 0 amide bonds. The van der Waals surface area contributed by atoms with Gasteiger partial charge < -0.3 is 10.6 Å². The molecule has 0 atom stereocenters. The number of nitrogens with one attached hydrogen (secondary N) is 2. The minimum Gasteiger partial charge on any atom is -0.356 e. The summed E-state index contributed by atoms with van der Waals surface area (Å²) in [7, 11) is 1.78. The molecule has 0 saturated heterocycles. The highest BCUT2D eigenvalue weighted by Crippen LogP contribution is 2.10. The van der Waals surface area contributed by atoms with E-state index in [1.807, 2.05) is 35.1 Å². The molecule has 6 heteroatoms. The maximum atomic E-state index is 6.03. The quantitative estimate of drug-likeness (QED) is 0.486. The Labute approximate surface area is 165 Å². The van der Waals surface area contributed by atoms with Crippen LogP contribution in [0.3, 0.4) is 0 Å². The Hall–Kier alpha value is -2.79. The number of hydrogen-bond acceptors (Lipinski definition) is 2. The summed E-state index contributed by atoms with van der Waals surface area (Å²) >= 11 is 6.03. The fraction of sp³-hybridized carbons (Fsp3) is 0.238. The van der Waals surface area contributed by atoms with E-state index in [1.54, 1.807) is 13.2 Å². The third-order valence-corrected chi connectivity index (χ3v) is 4.41. The second-order valence-corrected chi connectivity index (χ2v) is 6.69. The van der Waals surface area contributed by atoms with Crippen molar-refractivity contribution in [2.45, 2.75) is 19.5 Å². The molecule has 0 saturated carbocycles. The van der Waals surface area contributed by atoms with Crippen LogP contribution in [0.1, 0.15) is 16.7 Å². The summed E-state index contributed by atoms with van der Waals surface area (Å²) in [5.41, 5.74) is 3.64. The van der Waals surface area contributed by atoms with Gasteiger partial charge in [-0.05, 0) is 41.3 Å². The number of nitrogens with zero attached hydrogens (tertiary/aromatic N) is 3. The second kappa shape index (κ2) is 9.78. The van der Waals surface area contributed by atoms with Crippen LogP contribution in [0.5, 0.6) is 0 Å². The first-order chi connectivity index (χ1) is 13.2. The molecule has 0 aliphatic heterocycles. The van der Waals surface area contributed by atoms with Gasteiger partial charge in [-0.1, -0.05) is 48.0 Å². The minimum absolute atomic E-state index is 0.712. The molecular weight excluding hydrogens is 358 g/mol. The summed E-state index contributed by atoms with van der Waals surface area (Å²) in [4.78, 5) is 4.29. The van der Waals surface area contributed by atoms with Gasteiger partial charge in [0.15, 0.2) is 5.96 Å². The molecule has 27 heavy (non-hydrogen) atoms. The average molecular weight is 382 g/mol. The van der Waals surface area contributed by atoms with E-state index in [9.17, 15) is 0 Å². The lowest BCUT2D eigenvalue weighted by Gasteiger charge is -2.13. The Morgan fingerprint density at radius 2 is 1.85 bits per heavy atom. The van der Waals surface area contributed by atoms with Gasteiger partial charge in [0.2, 0.25) is 0 Å². The summed E-state index contributed by atoms with van der Waals surface area (Å²) in [5, 5.41) is 11.7. The Bertz CT molecular complexity index is 874. The predicted octanol–water partition coefficient (Wildman–Crippen LogP) is 3.49. The zero-order valence-electron chi connectivity index (χ0n) is 15.4. The van der Waals surface area contributed by atoms with Crippen molar-refractivity contribution in [3.8, 4) is 0 Å². The van der Waals surface area contributed by atoms with E-state index >= 15 is 0 Å². The van der Waals surface area contributed by atoms with E-state index < -0.39 is 0 Å². The van der Waals surface area contributed by atoms with E-state index in [0.29, 0.717) is 6.54 Å². The van der Waals surface area contributed by atoms with Crippen molar-refractivity contribution in [1.29, 1.82) is 0 Å². The number of rotatable bonds is 7. The first-order valence-corrected chi connectivity index (χ1v) is 9.35. The molecule has 0 spiro atoms. The van der Waals surface area contributed by atoms with Crippen molar-refractivity contribution < 1.29 is 0 Å². The fourth-order valence-corrected chi connectivity index (χ4v) is 3.06. The molecule has 0 radical (unpaired) electrons. The Balaban J connectivity index is 1.47. The number of aromatic nitrogens is 2. The number of hydrogen-bond donors (Lipinski definition) is 2. The van der Waals surface area contributed by atoms with E-state index in [0.717, 1.165) is 30.5 Å². The number of benzene rings is 2. The zero-order chi connectivity index (χ0) is 18.9. The van der Waals surface area contributed by atoms with Gasteiger partial charge in [0.05, 0.1) is 6.54 Å². The first-order valence-electron chi connectivity index (χ1n) is 8.97. The largest absolute Gasteiger partial charge is 0.356 e. The lowest BCUT2D eigenvalue weighted by molar-refractivity contribution is 0.685. The third kappa shape index (κ3) is 6.15. The van der Waals surface area contributed by atoms with E-state index in [1.165, 1.54) is 16.7 Å². The molecule has 3 rings (SSSR count). The standard InChI is InChI=1S/C21H24ClN5/c1-23-21(24-11-9-17-5-3-8-20(22)14-17)25-15-18-6-2-7-19(13-18)16-27-12-4-10-26-27/h2-8,10,12-14H,9,11,15-16H2,1H3,(H2,23,24,25). The van der Waals surface area contributed by atoms with Crippen LogP contribution in [0.2, 0.25) is 5.02 Å². The minimum atomic E-state index is 0.712. The van der Waals surface area contributed by atoms with Crippen molar-refractivity contribution in [2.75, 3.05) is 13.6 Å². The maximum absolute atomic E-state index is 6.03. The molecule has 2 aromatic carbocycles. The van der Waals surface area contributed by atoms with Crippen molar-refractivity contribution in [2.24, 2.45) is 4.99 Å². The van der Waals surface area contributed by atoms with Crippen LogP contribution in [0, 0.1) is 0 Å². The summed E-state index contributed by atoms with van der Waals surface area (Å²) in [6.07, 6.45) is 4.65. The molecular formula is C21H24ClN5. The Morgan fingerprint density at radius 3 is 2.63 bits per heavy atom. The highest BCUT2D eigenvalue weighted by Gasteiger charge is 2.01. The molecule has 3 aromatic rings. The monoisotopic (exact) mass is 381 g/mol. The lowest BCUT2D eigenvalue weighted by atomic mass is 10.1.